The highest BCUT2D eigenvalue weighted by atomic mass is 19.1. The predicted molar refractivity (Wildman–Crippen MR) is 107 cm³/mol. The molecule has 1 aliphatic rings. The molecule has 0 atom stereocenters. The molecule has 3 rings (SSSR count). The lowest BCUT2D eigenvalue weighted by Crippen LogP contribution is -2.26. The van der Waals surface area contributed by atoms with E-state index in [-0.39, 0.29) is 17.7 Å². The fraction of sp³-hybridized carbons (Fsp3) is 0.182. The van der Waals surface area contributed by atoms with Gasteiger partial charge in [0.2, 0.25) is 0 Å². The first-order valence-corrected chi connectivity index (χ1v) is 9.09. The van der Waals surface area contributed by atoms with Gasteiger partial charge in [0, 0.05) is 17.7 Å². The molecule has 0 spiro atoms. The fourth-order valence-electron chi connectivity index (χ4n) is 2.68. The van der Waals surface area contributed by atoms with Crippen LogP contribution in [0.15, 0.2) is 48.5 Å². The topological polar surface area (TPSA) is 87.7 Å². The molecule has 3 N–H and O–H groups in total. The Balaban J connectivity index is 1.90. The van der Waals surface area contributed by atoms with Crippen LogP contribution in [0.25, 0.3) is 17.7 Å². The average molecular weight is 396 g/mol. The smallest absolute Gasteiger partial charge is 0.267 e. The number of rotatable bonds is 7. The first kappa shape index (κ1) is 20.3. The Morgan fingerprint density at radius 1 is 1.14 bits per heavy atom. The third kappa shape index (κ3) is 5.52. The molecule has 2 amide bonds. The van der Waals surface area contributed by atoms with Gasteiger partial charge in [-0.3, -0.25) is 14.8 Å². The number of hydroxylamine groups is 1. The van der Waals surface area contributed by atoms with Gasteiger partial charge in [-0.25, -0.2) is 9.87 Å². The van der Waals surface area contributed by atoms with Gasteiger partial charge >= 0.3 is 0 Å². The number of halogens is 1. The largest absolute Gasteiger partial charge is 0.494 e. The first-order valence-electron chi connectivity index (χ1n) is 9.09. The van der Waals surface area contributed by atoms with Crippen LogP contribution < -0.4 is 15.5 Å². The molecule has 0 bridgehead atoms. The zero-order valence-corrected chi connectivity index (χ0v) is 15.8. The van der Waals surface area contributed by atoms with E-state index >= 15 is 0 Å². The van der Waals surface area contributed by atoms with E-state index in [0.29, 0.717) is 11.1 Å². The molecule has 0 unspecified atom stereocenters. The number of nitrogens with one attached hydrogen (secondary N) is 2. The standard InChI is InChI=1S/C22H21FN2O4/c1-29-20-10-7-16(13-19(20)23)18(22(27)24-17-8-9-17)12-15-4-2-14(3-5-15)6-11-21(26)25-28/h2-7,10-13,17,28H,8-9H2,1H3,(H,24,27)(H,25,26)/b11-6+,18-12-. The zero-order valence-electron chi connectivity index (χ0n) is 15.8. The highest BCUT2D eigenvalue weighted by Crippen LogP contribution is 2.26. The monoisotopic (exact) mass is 396 g/mol. The Labute approximate surface area is 167 Å². The van der Waals surface area contributed by atoms with Gasteiger partial charge in [0.15, 0.2) is 11.6 Å². The second kappa shape index (κ2) is 9.16. The summed E-state index contributed by atoms with van der Waals surface area (Å²) in [5.74, 6) is -1.33. The average Bonchev–Trinajstić information content (AvgIpc) is 3.54. The van der Waals surface area contributed by atoms with Gasteiger partial charge < -0.3 is 10.1 Å². The quantitative estimate of drug-likeness (QED) is 0.290. The van der Waals surface area contributed by atoms with Crippen molar-refractivity contribution < 1.29 is 23.9 Å². The van der Waals surface area contributed by atoms with E-state index in [1.165, 1.54) is 30.8 Å². The van der Waals surface area contributed by atoms with Crippen molar-refractivity contribution in [2.45, 2.75) is 18.9 Å². The molecule has 0 aliphatic heterocycles. The second-order valence-corrected chi connectivity index (χ2v) is 6.63. The number of hydrogen-bond acceptors (Lipinski definition) is 4. The molecule has 1 saturated carbocycles. The molecule has 6 nitrogen and oxygen atoms in total. The fourth-order valence-corrected chi connectivity index (χ4v) is 2.68. The number of ether oxygens (including phenoxy) is 1. The molecule has 2 aromatic carbocycles. The summed E-state index contributed by atoms with van der Waals surface area (Å²) in [6.07, 6.45) is 6.31. The lowest BCUT2D eigenvalue weighted by atomic mass is 10.0. The van der Waals surface area contributed by atoms with Crippen LogP contribution in [0.3, 0.4) is 0 Å². The van der Waals surface area contributed by atoms with Crippen molar-refractivity contribution in [1.82, 2.24) is 10.8 Å². The normalized spacial score (nSPS) is 14.0. The predicted octanol–water partition coefficient (Wildman–Crippen LogP) is 3.17. The molecule has 2 aromatic rings. The van der Waals surface area contributed by atoms with Gasteiger partial charge in [-0.05, 0) is 53.8 Å². The van der Waals surface area contributed by atoms with Crippen molar-refractivity contribution in [2.75, 3.05) is 7.11 Å². The van der Waals surface area contributed by atoms with Crippen LogP contribution in [0.5, 0.6) is 5.75 Å². The summed E-state index contributed by atoms with van der Waals surface area (Å²) in [5, 5.41) is 11.4. The third-order valence-corrected chi connectivity index (χ3v) is 4.40. The molecule has 0 radical (unpaired) electrons. The lowest BCUT2D eigenvalue weighted by Gasteiger charge is -2.11. The minimum absolute atomic E-state index is 0.110. The maximum atomic E-state index is 14.2. The summed E-state index contributed by atoms with van der Waals surface area (Å²) < 4.78 is 19.1. The van der Waals surface area contributed by atoms with Crippen LogP contribution >= 0.6 is 0 Å². The molecule has 0 aromatic heterocycles. The first-order chi connectivity index (χ1) is 14.0. The summed E-state index contributed by atoms with van der Waals surface area (Å²) in [4.78, 5) is 23.8. The Hall–Kier alpha value is -3.45. The van der Waals surface area contributed by atoms with Gasteiger partial charge in [0.1, 0.15) is 0 Å². The highest BCUT2D eigenvalue weighted by Gasteiger charge is 2.25. The van der Waals surface area contributed by atoms with Gasteiger partial charge in [0.05, 0.1) is 7.11 Å². The van der Waals surface area contributed by atoms with E-state index in [1.54, 1.807) is 42.5 Å². The highest BCUT2D eigenvalue weighted by molar-refractivity contribution is 6.24. The summed E-state index contributed by atoms with van der Waals surface area (Å²) in [5.41, 5.74) is 3.80. The van der Waals surface area contributed by atoms with Gasteiger partial charge in [-0.1, -0.05) is 30.3 Å². The number of carbonyl (C=O) groups excluding carboxylic acids is 2. The number of benzene rings is 2. The van der Waals surface area contributed by atoms with Crippen LogP contribution in [0.2, 0.25) is 0 Å². The Morgan fingerprint density at radius 2 is 1.83 bits per heavy atom. The van der Waals surface area contributed by atoms with Crippen molar-refractivity contribution in [3.05, 3.63) is 71.0 Å². The van der Waals surface area contributed by atoms with E-state index in [1.807, 2.05) is 0 Å². The van der Waals surface area contributed by atoms with Crippen molar-refractivity contribution >= 4 is 29.5 Å². The van der Waals surface area contributed by atoms with Crippen LogP contribution in [-0.4, -0.2) is 30.2 Å². The zero-order chi connectivity index (χ0) is 20.8. The maximum Gasteiger partial charge on any atom is 0.267 e. The SMILES string of the molecule is COc1ccc(/C(=C/c2ccc(/C=C/C(=O)NO)cc2)C(=O)NC2CC2)cc1F. The second-order valence-electron chi connectivity index (χ2n) is 6.63. The Kier molecular flexibility index (Phi) is 6.41. The summed E-state index contributed by atoms with van der Waals surface area (Å²) in [7, 11) is 1.38. The van der Waals surface area contributed by atoms with E-state index in [4.69, 9.17) is 9.94 Å². The molecular weight excluding hydrogens is 375 g/mol. The Morgan fingerprint density at radius 3 is 2.41 bits per heavy atom. The third-order valence-electron chi connectivity index (χ3n) is 4.40. The molecule has 1 aliphatic carbocycles. The number of methoxy groups -OCH3 is 1. The summed E-state index contributed by atoms with van der Waals surface area (Å²) in [6, 6.07) is 11.7. The molecule has 0 heterocycles. The van der Waals surface area contributed by atoms with E-state index in [9.17, 15) is 14.0 Å². The lowest BCUT2D eigenvalue weighted by molar-refractivity contribution is -0.124. The number of hydrogen-bond donors (Lipinski definition) is 3. The van der Waals surface area contributed by atoms with E-state index in [0.717, 1.165) is 24.0 Å². The molecule has 150 valence electrons. The minimum atomic E-state index is -0.630. The van der Waals surface area contributed by atoms with Crippen molar-refractivity contribution in [3.8, 4) is 5.75 Å². The maximum absolute atomic E-state index is 14.2. The van der Waals surface area contributed by atoms with Gasteiger partial charge in [0.25, 0.3) is 11.8 Å². The molecule has 1 fully saturated rings. The van der Waals surface area contributed by atoms with Gasteiger partial charge in [-0.2, -0.15) is 0 Å². The van der Waals surface area contributed by atoms with Crippen molar-refractivity contribution in [1.29, 1.82) is 0 Å². The molecule has 7 heteroatoms. The van der Waals surface area contributed by atoms with Crippen LogP contribution in [0.1, 0.15) is 29.5 Å². The molecule has 0 saturated heterocycles. The van der Waals surface area contributed by atoms with E-state index < -0.39 is 11.7 Å². The molecular formula is C22H21FN2O4. The van der Waals surface area contributed by atoms with Crippen LogP contribution in [0, 0.1) is 5.82 Å². The summed E-state index contributed by atoms with van der Waals surface area (Å²) >= 11 is 0. The summed E-state index contributed by atoms with van der Waals surface area (Å²) in [6.45, 7) is 0. The van der Waals surface area contributed by atoms with E-state index in [2.05, 4.69) is 5.32 Å². The molecule has 29 heavy (non-hydrogen) atoms. The number of amides is 2. The van der Waals surface area contributed by atoms with Crippen molar-refractivity contribution in [3.63, 3.8) is 0 Å². The van der Waals surface area contributed by atoms with Crippen LogP contribution in [-0.2, 0) is 9.59 Å². The van der Waals surface area contributed by atoms with Crippen LogP contribution in [0.4, 0.5) is 4.39 Å². The van der Waals surface area contributed by atoms with Crippen molar-refractivity contribution in [2.24, 2.45) is 0 Å². The number of carbonyl (C=O) groups is 2. The minimum Gasteiger partial charge on any atom is -0.494 e. The Bertz CT molecular complexity index is 963. The van der Waals surface area contributed by atoms with Gasteiger partial charge in [-0.15, -0.1) is 0 Å².